The second kappa shape index (κ2) is 6.64. The number of hydrogen-bond acceptors (Lipinski definition) is 5. The lowest BCUT2D eigenvalue weighted by atomic mass is 10.2. The molecule has 1 rings (SSSR count). The van der Waals surface area contributed by atoms with Gasteiger partial charge < -0.3 is 10.1 Å². The molecule has 0 saturated carbocycles. The molecule has 0 spiro atoms. The van der Waals surface area contributed by atoms with Crippen LogP contribution in [-0.2, 0) is 20.7 Å². The maximum atomic E-state index is 11.3. The average Bonchev–Trinajstić information content (AvgIpc) is 2.79. The summed E-state index contributed by atoms with van der Waals surface area (Å²) in [4.78, 5) is 33.1. The minimum atomic E-state index is -0.664. The van der Waals surface area contributed by atoms with Crippen LogP contribution >= 0.6 is 11.3 Å². The van der Waals surface area contributed by atoms with Crippen molar-refractivity contribution < 1.29 is 19.1 Å². The zero-order valence-corrected chi connectivity index (χ0v) is 10.0. The first-order valence-electron chi connectivity index (χ1n) is 4.80. The highest BCUT2D eigenvalue weighted by Crippen LogP contribution is 2.06. The van der Waals surface area contributed by atoms with Crippen molar-refractivity contribution in [2.24, 2.45) is 0 Å². The number of esters is 1. The molecule has 0 bridgehead atoms. The average molecular weight is 256 g/mol. The fraction of sp³-hybridized carbons (Fsp3) is 0.300. The van der Waals surface area contributed by atoms with Crippen LogP contribution in [0.4, 0.5) is 4.79 Å². The standard InChI is InChI=1S/C10H12N2O4S/c1-11-10(15)12-8(13)5-16-9(14)4-7-2-3-17-6-7/h2-3,6H,4-5H2,1H3,(H2,11,12,13,15). The summed E-state index contributed by atoms with van der Waals surface area (Å²) in [6.45, 7) is -0.462. The summed E-state index contributed by atoms with van der Waals surface area (Å²) in [7, 11) is 1.38. The van der Waals surface area contributed by atoms with Gasteiger partial charge in [-0.25, -0.2) is 4.79 Å². The first-order chi connectivity index (χ1) is 8.11. The third-order valence-corrected chi connectivity index (χ3v) is 2.50. The highest BCUT2D eigenvalue weighted by atomic mass is 32.1. The first-order valence-corrected chi connectivity index (χ1v) is 5.74. The lowest BCUT2D eigenvalue weighted by Crippen LogP contribution is -2.39. The van der Waals surface area contributed by atoms with E-state index in [0.29, 0.717) is 0 Å². The number of imide groups is 1. The maximum Gasteiger partial charge on any atom is 0.321 e. The van der Waals surface area contributed by atoms with Crippen LogP contribution in [0.3, 0.4) is 0 Å². The molecule has 0 fully saturated rings. The quantitative estimate of drug-likeness (QED) is 0.758. The zero-order chi connectivity index (χ0) is 12.7. The number of carbonyl (C=O) groups is 3. The van der Waals surface area contributed by atoms with Gasteiger partial charge in [-0.05, 0) is 22.4 Å². The normalized spacial score (nSPS) is 9.47. The van der Waals surface area contributed by atoms with Gasteiger partial charge in [0.15, 0.2) is 6.61 Å². The molecule has 3 amide bonds. The largest absolute Gasteiger partial charge is 0.455 e. The second-order valence-electron chi connectivity index (χ2n) is 3.10. The molecular formula is C10H12N2O4S. The van der Waals surface area contributed by atoms with Gasteiger partial charge >= 0.3 is 12.0 Å². The molecule has 2 N–H and O–H groups in total. The van der Waals surface area contributed by atoms with E-state index in [1.54, 1.807) is 6.07 Å². The molecule has 1 heterocycles. The van der Waals surface area contributed by atoms with Gasteiger partial charge in [0.25, 0.3) is 5.91 Å². The Balaban J connectivity index is 2.24. The second-order valence-corrected chi connectivity index (χ2v) is 3.88. The lowest BCUT2D eigenvalue weighted by molar-refractivity contribution is -0.147. The van der Waals surface area contributed by atoms with Gasteiger partial charge in [0, 0.05) is 7.05 Å². The van der Waals surface area contributed by atoms with Crippen LogP contribution < -0.4 is 10.6 Å². The van der Waals surface area contributed by atoms with Crippen LogP contribution in [-0.4, -0.2) is 31.6 Å². The molecule has 0 aliphatic rings. The van der Waals surface area contributed by atoms with Crippen molar-refractivity contribution in [1.82, 2.24) is 10.6 Å². The van der Waals surface area contributed by atoms with Crippen LogP contribution in [0.1, 0.15) is 5.56 Å². The van der Waals surface area contributed by atoms with E-state index in [4.69, 9.17) is 4.74 Å². The highest BCUT2D eigenvalue weighted by molar-refractivity contribution is 7.07. The molecule has 0 unspecified atom stereocenters. The van der Waals surface area contributed by atoms with Crippen molar-refractivity contribution in [2.45, 2.75) is 6.42 Å². The highest BCUT2D eigenvalue weighted by Gasteiger charge is 2.10. The van der Waals surface area contributed by atoms with Crippen molar-refractivity contribution in [3.05, 3.63) is 22.4 Å². The Morgan fingerprint density at radius 2 is 2.18 bits per heavy atom. The number of nitrogens with one attached hydrogen (secondary N) is 2. The summed E-state index contributed by atoms with van der Waals surface area (Å²) >= 11 is 1.48. The van der Waals surface area contributed by atoms with Crippen LogP contribution in [0.5, 0.6) is 0 Å². The van der Waals surface area contributed by atoms with Crippen molar-refractivity contribution in [2.75, 3.05) is 13.7 Å². The third kappa shape index (κ3) is 5.12. The van der Waals surface area contributed by atoms with Crippen molar-refractivity contribution in [1.29, 1.82) is 0 Å². The van der Waals surface area contributed by atoms with Gasteiger partial charge in [-0.3, -0.25) is 14.9 Å². The first kappa shape index (κ1) is 13.2. The number of hydrogen-bond donors (Lipinski definition) is 2. The zero-order valence-electron chi connectivity index (χ0n) is 9.19. The van der Waals surface area contributed by atoms with Gasteiger partial charge in [-0.2, -0.15) is 11.3 Å². The van der Waals surface area contributed by atoms with Crippen LogP contribution in [0, 0.1) is 0 Å². The minimum absolute atomic E-state index is 0.122. The van der Waals surface area contributed by atoms with Gasteiger partial charge in [0.2, 0.25) is 0 Å². The van der Waals surface area contributed by atoms with E-state index < -0.39 is 24.5 Å². The summed E-state index contributed by atoms with van der Waals surface area (Å²) in [5.74, 6) is -1.17. The smallest absolute Gasteiger partial charge is 0.321 e. The maximum absolute atomic E-state index is 11.3. The van der Waals surface area contributed by atoms with Gasteiger partial charge in [0.05, 0.1) is 6.42 Å². The van der Waals surface area contributed by atoms with E-state index in [0.717, 1.165) is 5.56 Å². The summed E-state index contributed by atoms with van der Waals surface area (Å²) in [6.07, 6.45) is 0.122. The summed E-state index contributed by atoms with van der Waals surface area (Å²) < 4.78 is 4.70. The summed E-state index contributed by atoms with van der Waals surface area (Å²) in [5.41, 5.74) is 0.840. The fourth-order valence-corrected chi connectivity index (χ4v) is 1.65. The van der Waals surface area contributed by atoms with Crippen LogP contribution in [0.15, 0.2) is 16.8 Å². The van der Waals surface area contributed by atoms with Crippen molar-refractivity contribution in [3.63, 3.8) is 0 Å². The predicted molar refractivity (Wildman–Crippen MR) is 61.6 cm³/mol. The molecule has 0 aliphatic heterocycles. The molecule has 0 radical (unpaired) electrons. The molecule has 0 aromatic carbocycles. The predicted octanol–water partition coefficient (Wildman–Crippen LogP) is 0.289. The molecule has 1 aromatic rings. The van der Waals surface area contributed by atoms with Crippen LogP contribution in [0.2, 0.25) is 0 Å². The number of urea groups is 1. The van der Waals surface area contributed by atoms with E-state index in [-0.39, 0.29) is 6.42 Å². The topological polar surface area (TPSA) is 84.5 Å². The molecule has 1 aromatic heterocycles. The van der Waals surface area contributed by atoms with Crippen molar-refractivity contribution >= 4 is 29.2 Å². The van der Waals surface area contributed by atoms with Gasteiger partial charge in [-0.1, -0.05) is 0 Å². The van der Waals surface area contributed by atoms with E-state index >= 15 is 0 Å². The Labute approximate surface area is 102 Å². The Hall–Kier alpha value is -1.89. The molecule has 0 saturated heterocycles. The van der Waals surface area contributed by atoms with Gasteiger partial charge in [-0.15, -0.1) is 0 Å². The number of ether oxygens (including phenoxy) is 1. The molecule has 0 aliphatic carbocycles. The molecule has 7 heteroatoms. The van der Waals surface area contributed by atoms with E-state index in [1.165, 1.54) is 18.4 Å². The number of rotatable bonds is 4. The third-order valence-electron chi connectivity index (χ3n) is 1.77. The summed E-state index contributed by atoms with van der Waals surface area (Å²) in [6, 6.07) is 1.17. The Morgan fingerprint density at radius 1 is 1.41 bits per heavy atom. The summed E-state index contributed by atoms with van der Waals surface area (Å²) in [5, 5.41) is 7.86. The lowest BCUT2D eigenvalue weighted by Gasteiger charge is -2.04. The molecule has 92 valence electrons. The van der Waals surface area contributed by atoms with Crippen molar-refractivity contribution in [3.8, 4) is 0 Å². The fourth-order valence-electron chi connectivity index (χ4n) is 0.982. The number of carbonyl (C=O) groups excluding carboxylic acids is 3. The Bertz CT molecular complexity index is 402. The Morgan fingerprint density at radius 3 is 2.76 bits per heavy atom. The van der Waals surface area contributed by atoms with E-state index in [9.17, 15) is 14.4 Å². The molecular weight excluding hydrogens is 244 g/mol. The SMILES string of the molecule is CNC(=O)NC(=O)COC(=O)Cc1ccsc1. The van der Waals surface area contributed by atoms with Gasteiger partial charge in [0.1, 0.15) is 0 Å². The molecule has 17 heavy (non-hydrogen) atoms. The number of thiophene rings is 1. The Kier molecular flexibility index (Phi) is 5.15. The minimum Gasteiger partial charge on any atom is -0.455 e. The van der Waals surface area contributed by atoms with E-state index in [1.807, 2.05) is 16.1 Å². The molecule has 6 nitrogen and oxygen atoms in total. The van der Waals surface area contributed by atoms with E-state index in [2.05, 4.69) is 5.32 Å². The monoisotopic (exact) mass is 256 g/mol. The van der Waals surface area contributed by atoms with Crippen LogP contribution in [0.25, 0.3) is 0 Å². The number of amides is 3. The molecule has 0 atom stereocenters.